The van der Waals surface area contributed by atoms with Crippen molar-refractivity contribution in [3.63, 3.8) is 0 Å². The van der Waals surface area contributed by atoms with Crippen LogP contribution in [0.1, 0.15) is 5.69 Å². The van der Waals surface area contributed by atoms with Crippen molar-refractivity contribution in [3.8, 4) is 0 Å². The van der Waals surface area contributed by atoms with Crippen molar-refractivity contribution in [2.75, 3.05) is 6.67 Å². The minimum atomic E-state index is -0.317. The first-order valence-corrected chi connectivity index (χ1v) is 2.46. The Balaban J connectivity index is 2.50. The quantitative estimate of drug-likeness (QED) is 0.608. The van der Waals surface area contributed by atoms with Gasteiger partial charge in [-0.15, -0.1) is 0 Å². The molecule has 8 heavy (non-hydrogen) atoms. The number of aryl methyl sites for hydroxylation is 1. The van der Waals surface area contributed by atoms with Gasteiger partial charge in [-0.25, -0.2) is 4.98 Å². The summed E-state index contributed by atoms with van der Waals surface area (Å²) in [7, 11) is 0. The van der Waals surface area contributed by atoms with Crippen LogP contribution in [0.15, 0.2) is 12.5 Å². The standard InChI is InChI=1S/C5H7FN2/c6-2-1-5-3-7-4-8-5/h3-4H,1-2H2,(H,7,8). The first-order valence-electron chi connectivity index (χ1n) is 2.46. The number of nitrogens with one attached hydrogen (secondary N) is 1. The maximum Gasteiger partial charge on any atom is 0.0949 e. The maximum atomic E-state index is 11.5. The van der Waals surface area contributed by atoms with Crippen LogP contribution in [0.3, 0.4) is 0 Å². The number of nitrogens with zero attached hydrogens (tertiary/aromatic N) is 1. The van der Waals surface area contributed by atoms with Crippen molar-refractivity contribution in [3.05, 3.63) is 18.2 Å². The van der Waals surface area contributed by atoms with Crippen LogP contribution in [0.5, 0.6) is 0 Å². The van der Waals surface area contributed by atoms with Crippen molar-refractivity contribution >= 4 is 0 Å². The fourth-order valence-corrected chi connectivity index (χ4v) is 0.523. The normalized spacial score (nSPS) is 9.62. The monoisotopic (exact) mass is 114 g/mol. The molecule has 0 atom stereocenters. The summed E-state index contributed by atoms with van der Waals surface area (Å²) in [5.74, 6) is 0. The number of alkyl halides is 1. The van der Waals surface area contributed by atoms with E-state index >= 15 is 0 Å². The molecular weight excluding hydrogens is 107 g/mol. The Hall–Kier alpha value is -0.860. The molecule has 2 nitrogen and oxygen atoms in total. The van der Waals surface area contributed by atoms with Gasteiger partial charge in [0.2, 0.25) is 0 Å². The summed E-state index contributed by atoms with van der Waals surface area (Å²) in [5.41, 5.74) is 0.854. The number of aromatic nitrogens is 2. The molecule has 0 spiro atoms. The lowest BCUT2D eigenvalue weighted by Crippen LogP contribution is -1.84. The SMILES string of the molecule is FCCc1cnc[nH]1. The molecule has 0 radical (unpaired) electrons. The highest BCUT2D eigenvalue weighted by atomic mass is 19.1. The predicted octanol–water partition coefficient (Wildman–Crippen LogP) is 0.922. The van der Waals surface area contributed by atoms with E-state index in [1.807, 2.05) is 0 Å². The van der Waals surface area contributed by atoms with Gasteiger partial charge < -0.3 is 4.98 Å². The second-order valence-corrected chi connectivity index (χ2v) is 1.52. The topological polar surface area (TPSA) is 28.7 Å². The van der Waals surface area contributed by atoms with Crippen molar-refractivity contribution < 1.29 is 4.39 Å². The molecule has 1 aromatic heterocycles. The fourth-order valence-electron chi connectivity index (χ4n) is 0.523. The number of imidazole rings is 1. The van der Waals surface area contributed by atoms with E-state index in [1.54, 1.807) is 12.5 Å². The van der Waals surface area contributed by atoms with E-state index < -0.39 is 0 Å². The zero-order chi connectivity index (χ0) is 5.82. The van der Waals surface area contributed by atoms with E-state index in [2.05, 4.69) is 9.97 Å². The Morgan fingerprint density at radius 1 is 1.75 bits per heavy atom. The summed E-state index contributed by atoms with van der Waals surface area (Å²) in [5, 5.41) is 0. The van der Waals surface area contributed by atoms with E-state index in [1.165, 1.54) is 0 Å². The summed E-state index contributed by atoms with van der Waals surface area (Å²) in [6, 6.07) is 0. The summed E-state index contributed by atoms with van der Waals surface area (Å²) >= 11 is 0. The molecule has 1 aromatic rings. The molecule has 0 aliphatic rings. The van der Waals surface area contributed by atoms with Crippen LogP contribution < -0.4 is 0 Å². The molecule has 1 rings (SSSR count). The van der Waals surface area contributed by atoms with E-state index in [4.69, 9.17) is 0 Å². The van der Waals surface area contributed by atoms with Gasteiger partial charge in [0.1, 0.15) is 0 Å². The average Bonchev–Trinajstić information content (AvgIpc) is 2.19. The summed E-state index contributed by atoms with van der Waals surface area (Å²) in [6.45, 7) is -0.317. The molecule has 0 unspecified atom stereocenters. The van der Waals surface area contributed by atoms with Crippen molar-refractivity contribution in [2.45, 2.75) is 6.42 Å². The fraction of sp³-hybridized carbons (Fsp3) is 0.400. The lowest BCUT2D eigenvalue weighted by atomic mass is 10.4. The van der Waals surface area contributed by atoms with E-state index in [-0.39, 0.29) is 6.67 Å². The van der Waals surface area contributed by atoms with Crippen LogP contribution in [0, 0.1) is 0 Å². The van der Waals surface area contributed by atoms with Crippen LogP contribution in [0.2, 0.25) is 0 Å². The molecule has 44 valence electrons. The Morgan fingerprint density at radius 2 is 2.62 bits per heavy atom. The van der Waals surface area contributed by atoms with Gasteiger partial charge in [0.15, 0.2) is 0 Å². The van der Waals surface area contributed by atoms with E-state index in [9.17, 15) is 4.39 Å². The number of hydrogen-bond acceptors (Lipinski definition) is 1. The van der Waals surface area contributed by atoms with Gasteiger partial charge in [0, 0.05) is 18.3 Å². The molecule has 0 aliphatic carbocycles. The van der Waals surface area contributed by atoms with Crippen LogP contribution in [-0.2, 0) is 6.42 Å². The van der Waals surface area contributed by atoms with Crippen molar-refractivity contribution in [1.82, 2.24) is 9.97 Å². The lowest BCUT2D eigenvalue weighted by molar-refractivity contribution is 0.492. The zero-order valence-electron chi connectivity index (χ0n) is 4.39. The van der Waals surface area contributed by atoms with Gasteiger partial charge in [-0.1, -0.05) is 0 Å². The second kappa shape index (κ2) is 2.45. The molecule has 3 heteroatoms. The third kappa shape index (κ3) is 1.05. The molecule has 0 aliphatic heterocycles. The number of hydrogen-bond donors (Lipinski definition) is 1. The number of H-pyrrole nitrogens is 1. The highest BCUT2D eigenvalue weighted by Crippen LogP contribution is 1.90. The number of rotatable bonds is 2. The third-order valence-electron chi connectivity index (χ3n) is 0.919. The molecule has 1 heterocycles. The van der Waals surface area contributed by atoms with E-state index in [0.29, 0.717) is 6.42 Å². The molecule has 0 fully saturated rings. The molecule has 0 aromatic carbocycles. The van der Waals surface area contributed by atoms with Crippen LogP contribution in [0.25, 0.3) is 0 Å². The maximum absolute atomic E-state index is 11.5. The van der Waals surface area contributed by atoms with Gasteiger partial charge in [-0.3, -0.25) is 4.39 Å². The first kappa shape index (κ1) is 5.28. The van der Waals surface area contributed by atoms with E-state index in [0.717, 1.165) is 5.69 Å². The highest BCUT2D eigenvalue weighted by molar-refractivity contribution is 4.93. The van der Waals surface area contributed by atoms with Crippen LogP contribution >= 0.6 is 0 Å². The largest absolute Gasteiger partial charge is 0.348 e. The number of aromatic amines is 1. The molecular formula is C5H7FN2. The van der Waals surface area contributed by atoms with Gasteiger partial charge in [-0.05, 0) is 0 Å². The van der Waals surface area contributed by atoms with Gasteiger partial charge in [0.05, 0.1) is 13.0 Å². The molecule has 0 saturated heterocycles. The van der Waals surface area contributed by atoms with Crippen molar-refractivity contribution in [2.24, 2.45) is 0 Å². The second-order valence-electron chi connectivity index (χ2n) is 1.52. The molecule has 1 N–H and O–H groups in total. The highest BCUT2D eigenvalue weighted by Gasteiger charge is 1.88. The van der Waals surface area contributed by atoms with Gasteiger partial charge >= 0.3 is 0 Å². The Labute approximate surface area is 46.8 Å². The Bertz CT molecular complexity index is 136. The van der Waals surface area contributed by atoms with Gasteiger partial charge in [-0.2, -0.15) is 0 Å². The van der Waals surface area contributed by atoms with Gasteiger partial charge in [0.25, 0.3) is 0 Å². The predicted molar refractivity (Wildman–Crippen MR) is 28.3 cm³/mol. The lowest BCUT2D eigenvalue weighted by Gasteiger charge is -1.84. The third-order valence-corrected chi connectivity index (χ3v) is 0.919. The summed E-state index contributed by atoms with van der Waals surface area (Å²) in [4.78, 5) is 6.51. The minimum absolute atomic E-state index is 0.317. The first-order chi connectivity index (χ1) is 3.93. The van der Waals surface area contributed by atoms with Crippen LogP contribution in [0.4, 0.5) is 4.39 Å². The summed E-state index contributed by atoms with van der Waals surface area (Å²) in [6.07, 6.45) is 3.62. The molecule has 0 amide bonds. The van der Waals surface area contributed by atoms with Crippen LogP contribution in [-0.4, -0.2) is 16.6 Å². The Kier molecular flexibility index (Phi) is 1.62. The smallest absolute Gasteiger partial charge is 0.0949 e. The number of halogens is 1. The van der Waals surface area contributed by atoms with Crippen molar-refractivity contribution in [1.29, 1.82) is 0 Å². The summed E-state index contributed by atoms with van der Waals surface area (Å²) < 4.78 is 11.5. The zero-order valence-corrected chi connectivity index (χ0v) is 4.39. The molecule has 0 bridgehead atoms. The Morgan fingerprint density at radius 3 is 3.12 bits per heavy atom. The minimum Gasteiger partial charge on any atom is -0.348 e. The average molecular weight is 114 g/mol. The molecule has 0 saturated carbocycles.